The van der Waals surface area contributed by atoms with Crippen molar-refractivity contribution in [2.75, 3.05) is 33.0 Å². The van der Waals surface area contributed by atoms with E-state index in [0.29, 0.717) is 12.8 Å². The van der Waals surface area contributed by atoms with Crippen LogP contribution in [0.4, 0.5) is 0 Å². The number of carboxylic acid groups (broad SMARTS) is 2. The van der Waals surface area contributed by atoms with E-state index in [2.05, 4.69) is 41.9 Å². The molecule has 4 heterocycles. The summed E-state index contributed by atoms with van der Waals surface area (Å²) in [5.41, 5.74) is 0. The molecular weight excluding hydrogens is 1390 g/mol. The number of aliphatic hydroxyl groups is 14. The number of carbonyl (C=O) groups excluding carboxylic acids is 3. The quantitative estimate of drug-likeness (QED) is 0.0304. The summed E-state index contributed by atoms with van der Waals surface area (Å²) < 4.78 is 46.5. The summed E-state index contributed by atoms with van der Waals surface area (Å²) in [4.78, 5) is 65.0. The summed E-state index contributed by atoms with van der Waals surface area (Å²) >= 11 is 0. The number of carbonyl (C=O) groups is 5. The second-order valence-corrected chi connectivity index (χ2v) is 28.9. The van der Waals surface area contributed by atoms with Crippen molar-refractivity contribution < 1.29 is 144 Å². The molecule has 0 saturated carbocycles. The number of carboxylic acids is 2. The molecule has 2 unspecified atom stereocenters. The number of aliphatic carboxylic acids is 2. The first-order valence-corrected chi connectivity index (χ1v) is 38.9. The maximum Gasteiger partial charge on any atom is 0.364 e. The molecule has 32 heteroatoms. The van der Waals surface area contributed by atoms with Crippen molar-refractivity contribution in [3.05, 3.63) is 24.3 Å². The molecule has 0 spiro atoms. The highest BCUT2D eigenvalue weighted by atomic mass is 16.8. The van der Waals surface area contributed by atoms with Gasteiger partial charge in [-0.1, -0.05) is 179 Å². The first-order valence-electron chi connectivity index (χ1n) is 38.9. The molecule has 19 N–H and O–H groups in total. The first-order chi connectivity index (χ1) is 50.7. The summed E-state index contributed by atoms with van der Waals surface area (Å²) in [7, 11) is 0. The SMILES string of the molecule is CCCCCCCC/C=C\CCCCCCCCCCCC(=O)N[C@@H](CO[C@@H]1O[C@H](CO)[C@@H](O[C@@H]2O[C@H](CO)[C@H](O)[C@H](O[C@]3(C(=O)O)C[C@H](O)[C@@H](NC(C)=O)C([C@H](O)[C@@H](CO)O[C@]4(C(=O)O)C[C@H](O)[C@@H](NC(C)=O)C([C@H](O)[C@H](O)CO)O4)O3)[C@H]2O)[C@H](O)[C@H]1O)[C@H](O)/C=C/CCCCCCCCCCCCC. The Morgan fingerprint density at radius 3 is 1.42 bits per heavy atom. The fraction of sp³-hybridized carbons (Fsp3) is 0.878. The zero-order valence-corrected chi connectivity index (χ0v) is 62.6. The molecule has 616 valence electrons. The van der Waals surface area contributed by atoms with Gasteiger partial charge in [0.1, 0.15) is 85.5 Å². The average Bonchev–Trinajstić information content (AvgIpc) is 0.758. The Kier molecular flexibility index (Phi) is 45.2. The lowest BCUT2D eigenvalue weighted by Crippen LogP contribution is -2.72. The predicted molar refractivity (Wildman–Crippen MR) is 381 cm³/mol. The van der Waals surface area contributed by atoms with Crippen molar-refractivity contribution in [1.82, 2.24) is 16.0 Å². The van der Waals surface area contributed by atoms with E-state index in [-0.39, 0.29) is 12.3 Å². The Labute approximate surface area is 623 Å². The van der Waals surface area contributed by atoms with Gasteiger partial charge in [0, 0.05) is 33.1 Å². The molecule has 4 saturated heterocycles. The van der Waals surface area contributed by atoms with E-state index in [4.69, 9.17) is 37.9 Å². The summed E-state index contributed by atoms with van der Waals surface area (Å²) in [5, 5.41) is 185. The zero-order valence-electron chi connectivity index (χ0n) is 62.6. The average molecular weight is 1530 g/mol. The van der Waals surface area contributed by atoms with E-state index < -0.39 is 216 Å². The Morgan fingerprint density at radius 1 is 0.509 bits per heavy atom. The number of allylic oxidation sites excluding steroid dienone is 3. The molecule has 106 heavy (non-hydrogen) atoms. The topological polar surface area (TPSA) is 519 Å². The molecule has 0 aromatic heterocycles. The normalized spacial score (nSPS) is 31.1. The van der Waals surface area contributed by atoms with Crippen LogP contribution in [0.25, 0.3) is 0 Å². The third-order valence-corrected chi connectivity index (χ3v) is 20.1. The third-order valence-electron chi connectivity index (χ3n) is 20.1. The van der Waals surface area contributed by atoms with Crippen LogP contribution in [0.3, 0.4) is 0 Å². The molecule has 0 aromatic rings. The fourth-order valence-corrected chi connectivity index (χ4v) is 13.9. The first kappa shape index (κ1) is 94.3. The molecule has 32 nitrogen and oxygen atoms in total. The van der Waals surface area contributed by atoms with Crippen LogP contribution in [0.15, 0.2) is 24.3 Å². The van der Waals surface area contributed by atoms with Gasteiger partial charge in [-0.15, -0.1) is 0 Å². The van der Waals surface area contributed by atoms with Crippen molar-refractivity contribution in [2.24, 2.45) is 0 Å². The Hall–Kier alpha value is -4.05. The molecule has 3 amide bonds. The van der Waals surface area contributed by atoms with Crippen molar-refractivity contribution in [3.8, 4) is 0 Å². The van der Waals surface area contributed by atoms with Gasteiger partial charge < -0.3 is 136 Å². The zero-order chi connectivity index (χ0) is 78.4. The Morgan fingerprint density at radius 2 is 0.953 bits per heavy atom. The second kappa shape index (κ2) is 50.8. The number of hydrogen-bond donors (Lipinski definition) is 19. The number of nitrogens with one attached hydrogen (secondary N) is 3. The Bertz CT molecular complexity index is 2530. The van der Waals surface area contributed by atoms with Gasteiger partial charge in [0.15, 0.2) is 12.6 Å². The standard InChI is InChI=1S/C74H131N3O29/c1-5-7-9-11-13-15-17-19-20-21-22-23-24-26-28-30-32-34-36-38-56(88)77-48(49(84)37-35-33-31-29-27-25-18-16-14-12-10-8-6-2)45-99-69-63(93)62(92)65(55(44-81)101-69)102-70-64(94)68(60(90)53(42-79)100-70)106-74(72(97)98)40-51(86)58(76-47(4)83)67(105-74)61(91)54(43-80)103-73(71(95)96)39-50(85)57(75-46(3)82)66(104-73)59(89)52(87)41-78/h19-20,35,37,48-55,57-70,78-81,84-87,89-94H,5-18,21-34,36,38-45H2,1-4H3,(H,75,82)(H,76,83)(H,77,88)(H,95,96)(H,97,98)/b20-19-,37-35+/t48-,49+,50-,51-,52+,53+,54+,55+,57+,58+,59+,60-,61+,62+,63+,64+,65+,66?,67?,68-,69+,70-,73+,74-/m0/s1. The van der Waals surface area contributed by atoms with Crippen LogP contribution in [0, 0.1) is 0 Å². The number of hydrogen-bond acceptors (Lipinski definition) is 27. The van der Waals surface area contributed by atoms with Gasteiger partial charge in [-0.2, -0.15) is 0 Å². The van der Waals surface area contributed by atoms with Gasteiger partial charge >= 0.3 is 11.9 Å². The van der Waals surface area contributed by atoms with Crippen LogP contribution in [0.1, 0.15) is 233 Å². The highest BCUT2D eigenvalue weighted by Crippen LogP contribution is 2.41. The monoisotopic (exact) mass is 1530 g/mol. The minimum atomic E-state index is -3.39. The van der Waals surface area contributed by atoms with Gasteiger partial charge in [-0.25, -0.2) is 9.59 Å². The van der Waals surface area contributed by atoms with Crippen molar-refractivity contribution in [3.63, 3.8) is 0 Å². The van der Waals surface area contributed by atoms with E-state index in [1.165, 1.54) is 103 Å². The van der Waals surface area contributed by atoms with Crippen LogP contribution in [0.2, 0.25) is 0 Å². The molecule has 0 aromatic carbocycles. The summed E-state index contributed by atoms with van der Waals surface area (Å²) in [5.74, 6) is -13.1. The van der Waals surface area contributed by atoms with E-state index >= 15 is 0 Å². The smallest absolute Gasteiger partial charge is 0.364 e. The minimum absolute atomic E-state index is 0.149. The lowest BCUT2D eigenvalue weighted by Gasteiger charge is -2.51. The lowest BCUT2D eigenvalue weighted by molar-refractivity contribution is -0.388. The summed E-state index contributed by atoms with van der Waals surface area (Å²) in [6.45, 7) is 1.10. The molecule has 4 rings (SSSR count). The summed E-state index contributed by atoms with van der Waals surface area (Å²) in [6, 6.07) is -4.73. The molecule has 4 aliphatic heterocycles. The van der Waals surface area contributed by atoms with Crippen molar-refractivity contribution in [1.29, 1.82) is 0 Å². The van der Waals surface area contributed by atoms with E-state index in [9.17, 15) is 106 Å². The van der Waals surface area contributed by atoms with Crippen LogP contribution in [-0.4, -0.2) is 290 Å². The molecule has 0 radical (unpaired) electrons. The van der Waals surface area contributed by atoms with Crippen molar-refractivity contribution in [2.45, 2.75) is 379 Å². The fourth-order valence-electron chi connectivity index (χ4n) is 13.9. The number of rotatable bonds is 55. The largest absolute Gasteiger partial charge is 0.477 e. The molecular formula is C74H131N3O29. The van der Waals surface area contributed by atoms with E-state index in [1.807, 2.05) is 6.08 Å². The number of aliphatic hydroxyl groups excluding tert-OH is 14. The number of unbranched alkanes of at least 4 members (excludes halogenated alkanes) is 26. The predicted octanol–water partition coefficient (Wildman–Crippen LogP) is 1.68. The van der Waals surface area contributed by atoms with Crippen molar-refractivity contribution >= 4 is 29.7 Å². The highest BCUT2D eigenvalue weighted by Gasteiger charge is 2.62. The number of ether oxygens (including phenoxy) is 8. The van der Waals surface area contributed by atoms with E-state index in [0.717, 1.165) is 84.5 Å². The lowest BCUT2D eigenvalue weighted by atomic mass is 9.87. The van der Waals surface area contributed by atoms with Crippen LogP contribution in [0.5, 0.6) is 0 Å². The molecule has 0 aliphatic carbocycles. The maximum absolute atomic E-state index is 13.6. The molecule has 24 atom stereocenters. The highest BCUT2D eigenvalue weighted by molar-refractivity contribution is 5.78. The maximum atomic E-state index is 13.6. The van der Waals surface area contributed by atoms with Gasteiger partial charge in [0.05, 0.1) is 69.5 Å². The van der Waals surface area contributed by atoms with Crippen LogP contribution in [-0.2, 0) is 61.9 Å². The molecule has 4 aliphatic rings. The number of amides is 3. The van der Waals surface area contributed by atoms with Gasteiger partial charge in [-0.3, -0.25) is 14.4 Å². The minimum Gasteiger partial charge on any atom is -0.477 e. The Balaban J connectivity index is 1.47. The van der Waals surface area contributed by atoms with E-state index in [1.54, 1.807) is 6.08 Å². The molecule has 0 bridgehead atoms. The third kappa shape index (κ3) is 30.6. The van der Waals surface area contributed by atoms with Crippen LogP contribution >= 0.6 is 0 Å². The van der Waals surface area contributed by atoms with Gasteiger partial charge in [0.2, 0.25) is 17.7 Å². The van der Waals surface area contributed by atoms with Crippen LogP contribution < -0.4 is 16.0 Å². The van der Waals surface area contributed by atoms with Gasteiger partial charge in [0.25, 0.3) is 11.6 Å². The van der Waals surface area contributed by atoms with Gasteiger partial charge in [-0.05, 0) is 44.9 Å². The summed E-state index contributed by atoms with van der Waals surface area (Å²) in [6.07, 6.45) is -1.74. The molecule has 4 fully saturated rings. The second-order valence-electron chi connectivity index (χ2n) is 28.9.